The minimum atomic E-state index is -0.0792. The van der Waals surface area contributed by atoms with Crippen LogP contribution >= 0.6 is 34.0 Å². The van der Waals surface area contributed by atoms with E-state index in [1.165, 1.54) is 209 Å². The summed E-state index contributed by atoms with van der Waals surface area (Å²) in [5, 5.41) is 18.0. The Labute approximate surface area is 869 Å². The van der Waals surface area contributed by atoms with Gasteiger partial charge < -0.3 is 28.4 Å². The predicted octanol–water partition coefficient (Wildman–Crippen LogP) is 40.3. The number of rotatable bonds is 15. The summed E-state index contributed by atoms with van der Waals surface area (Å²) >= 11 is 5.69. The molecule has 1 aliphatic carbocycles. The Morgan fingerprint density at radius 1 is 0.176 bits per heavy atom. The van der Waals surface area contributed by atoms with E-state index in [1.54, 1.807) is 0 Å². The summed E-state index contributed by atoms with van der Waals surface area (Å²) in [7, 11) is 0. The molecular weight excluding hydrogens is 1850 g/mol. The molecule has 0 aliphatic heterocycles. The van der Waals surface area contributed by atoms with Gasteiger partial charge in [0.2, 0.25) is 0 Å². The molecule has 0 amide bonds. The molecule has 698 valence electrons. The molecule has 0 saturated carbocycles. The van der Waals surface area contributed by atoms with Crippen molar-refractivity contribution in [2.75, 3.05) is 14.7 Å². The largest absolute Gasteiger partial charge is 0.310 e. The van der Waals surface area contributed by atoms with Gasteiger partial charge in [-0.1, -0.05) is 347 Å². The Morgan fingerprint density at radius 2 is 0.446 bits per heavy atom. The van der Waals surface area contributed by atoms with Crippen molar-refractivity contribution in [2.45, 2.75) is 19.3 Å². The van der Waals surface area contributed by atoms with Crippen LogP contribution in [0.25, 0.3) is 198 Å². The average Bonchev–Trinajstić information content (AvgIpc) is 1.56. The first-order valence-corrected chi connectivity index (χ1v) is 53.1. The van der Waals surface area contributed by atoms with Gasteiger partial charge in [0, 0.05) is 166 Å². The number of nitrogens with zero attached hydrogens (tertiary/aromatic N) is 6. The van der Waals surface area contributed by atoms with Crippen molar-refractivity contribution in [1.29, 1.82) is 0 Å². The quantitative estimate of drug-likeness (QED) is 0.102. The number of anilines is 9. The number of hydrogen-bond acceptors (Lipinski definition) is 6. The lowest BCUT2D eigenvalue weighted by Crippen LogP contribution is -2.16. The maximum Gasteiger partial charge on any atom is 0.0555 e. The van der Waals surface area contributed by atoms with Gasteiger partial charge in [-0.3, -0.25) is 0 Å². The highest BCUT2D eigenvalue weighted by atomic mass is 32.1. The minimum absolute atomic E-state index is 0.0792. The molecule has 6 aromatic heterocycles. The fourth-order valence-corrected chi connectivity index (χ4v) is 26.9. The molecule has 23 aromatic carbocycles. The van der Waals surface area contributed by atoms with E-state index in [2.05, 4.69) is 576 Å². The van der Waals surface area contributed by atoms with Crippen molar-refractivity contribution in [3.8, 4) is 61.6 Å². The summed E-state index contributed by atoms with van der Waals surface area (Å²) < 4.78 is 15.2. The molecule has 148 heavy (non-hydrogen) atoms. The Bertz CT molecular complexity index is 10100. The fraction of sp³-hybridized carbons (Fsp3) is 0.0216. The molecule has 0 radical (unpaired) electrons. The molecule has 0 fully saturated rings. The number of hydrogen-bond donors (Lipinski definition) is 0. The maximum atomic E-state index is 2.43. The number of benzene rings is 23. The molecule has 9 heteroatoms. The second-order valence-corrected chi connectivity index (χ2v) is 42.1. The molecule has 29 aromatic rings. The van der Waals surface area contributed by atoms with Crippen molar-refractivity contribution in [3.63, 3.8) is 0 Å². The lowest BCUT2D eigenvalue weighted by Gasteiger charge is -2.28. The number of thiophene rings is 3. The lowest BCUT2D eigenvalue weighted by atomic mass is 9.82. The standard InChI is InChI=1S/C48H32N2S.C46H30N2S.C45H32N2S/c1-4-12-33(13-5-1)35-20-24-38(25-21-35)49(39-26-22-36(23-27-39)34-14-6-2-7-15-34)40-28-30-44-43(32-40)47-45(50(44)37-16-8-3-9-17-37)31-29-42-41-18-10-11-19-46(41)51-48(42)47;1-3-11-31(12-4-1)33-19-22-36(23-20-33)47(37-24-21-32-13-7-8-14-34(32)29-37)38-25-27-42-41(30-38)45-43(48(42)35-15-5-2-6-16-35)28-26-40-39-17-9-10-18-44(39)49-46(40)45;1-45(2)38-19-11-9-17-33(38)34-23-21-32(28-39(34)45)46(29-13-5-3-6-14-29)31-22-25-40-37(27-31)43-41(47(40)30-15-7-4-8-16-30)26-24-36-35-18-10-12-20-42(35)48-44(36)43/h1-32H;1-30H;3-28H,1-2H3. The van der Waals surface area contributed by atoms with Crippen LogP contribution in [0.3, 0.4) is 0 Å². The van der Waals surface area contributed by atoms with E-state index in [9.17, 15) is 0 Å². The Hall–Kier alpha value is -18.2. The summed E-state index contributed by atoms with van der Waals surface area (Å²) in [6.07, 6.45) is 0. The van der Waals surface area contributed by atoms with E-state index in [-0.39, 0.29) is 5.41 Å². The topological polar surface area (TPSA) is 24.5 Å². The molecule has 6 nitrogen and oxygen atoms in total. The molecule has 30 rings (SSSR count). The fourth-order valence-electron chi connectivity index (χ4n) is 23.2. The first-order valence-electron chi connectivity index (χ1n) is 50.6. The maximum absolute atomic E-state index is 2.43. The van der Waals surface area contributed by atoms with Crippen molar-refractivity contribution in [2.24, 2.45) is 0 Å². The van der Waals surface area contributed by atoms with Crippen LogP contribution in [0.4, 0.5) is 51.2 Å². The Kier molecular flexibility index (Phi) is 21.5. The van der Waals surface area contributed by atoms with Gasteiger partial charge in [0.15, 0.2) is 0 Å². The van der Waals surface area contributed by atoms with Gasteiger partial charge in [0.25, 0.3) is 0 Å². The van der Waals surface area contributed by atoms with Crippen LogP contribution in [0.5, 0.6) is 0 Å². The van der Waals surface area contributed by atoms with Gasteiger partial charge in [-0.05, 0) is 267 Å². The van der Waals surface area contributed by atoms with Gasteiger partial charge in [-0.15, -0.1) is 34.0 Å². The zero-order valence-electron chi connectivity index (χ0n) is 81.2. The second kappa shape index (κ2) is 36.3. The SMILES string of the molecule is CC1(C)c2ccccc2-c2ccc(N(c3ccccc3)c3ccc4c(c3)c3c5sc6ccccc6c5ccc3n4-c3ccccc3)cc21.c1ccc(-c2ccc(N(c3ccc(-c4ccccc4)cc3)c3ccc4c(c3)c3c5sc6ccccc6c5ccc3n4-c3ccccc3)cc2)cc1.c1ccc(-c2ccc(N(c3ccc4ccccc4c3)c3ccc4c(c3)c3c5sc6ccccc6c5ccc3n4-c3ccccc3)cc2)cc1. The lowest BCUT2D eigenvalue weighted by molar-refractivity contribution is 0.660. The molecule has 6 heterocycles. The van der Waals surface area contributed by atoms with Crippen LogP contribution in [0.15, 0.2) is 534 Å². The highest BCUT2D eigenvalue weighted by molar-refractivity contribution is 7.27. The molecule has 0 spiro atoms. The zero-order valence-corrected chi connectivity index (χ0v) is 83.7. The summed E-state index contributed by atoms with van der Waals surface area (Å²) in [4.78, 5) is 7.21. The molecule has 1 aliphatic rings. The number of para-hydroxylation sites is 4. The average molecular weight is 1940 g/mol. The zero-order chi connectivity index (χ0) is 98.0. The van der Waals surface area contributed by atoms with Crippen LogP contribution < -0.4 is 14.7 Å². The summed E-state index contributed by atoms with van der Waals surface area (Å²) in [6.45, 7) is 4.71. The van der Waals surface area contributed by atoms with Crippen molar-refractivity contribution < 1.29 is 0 Å². The van der Waals surface area contributed by atoms with Crippen LogP contribution in [0.1, 0.15) is 25.0 Å². The van der Waals surface area contributed by atoms with Gasteiger partial charge >= 0.3 is 0 Å². The van der Waals surface area contributed by atoms with E-state index < -0.39 is 0 Å². The minimum Gasteiger partial charge on any atom is -0.310 e. The molecule has 0 atom stereocenters. The van der Waals surface area contributed by atoms with E-state index in [0.717, 1.165) is 51.2 Å². The molecule has 0 saturated heterocycles. The Balaban J connectivity index is 0.000000107. The third-order valence-corrected chi connectivity index (χ3v) is 33.7. The monoisotopic (exact) mass is 1940 g/mol. The van der Waals surface area contributed by atoms with E-state index in [1.807, 2.05) is 34.0 Å². The third kappa shape index (κ3) is 14.9. The highest BCUT2D eigenvalue weighted by Crippen LogP contribution is 2.55. The molecule has 0 unspecified atom stereocenters. The third-order valence-electron chi connectivity index (χ3n) is 30.1. The highest BCUT2D eigenvalue weighted by Gasteiger charge is 2.37. The van der Waals surface area contributed by atoms with Crippen molar-refractivity contribution in [3.05, 3.63) is 545 Å². The number of fused-ring (bicyclic) bond motifs is 25. The van der Waals surface area contributed by atoms with Crippen molar-refractivity contribution >= 4 is 222 Å². The van der Waals surface area contributed by atoms with Crippen LogP contribution in [-0.2, 0) is 5.41 Å². The molecular formula is C139H94N6S3. The summed E-state index contributed by atoms with van der Waals surface area (Å²) in [6, 6.07) is 194. The van der Waals surface area contributed by atoms with E-state index >= 15 is 0 Å². The normalized spacial score (nSPS) is 12.2. The first-order chi connectivity index (χ1) is 73.2. The second-order valence-electron chi connectivity index (χ2n) is 38.9. The molecule has 0 N–H and O–H groups in total. The van der Waals surface area contributed by atoms with Crippen LogP contribution in [0, 0.1) is 0 Å². The van der Waals surface area contributed by atoms with Gasteiger partial charge in [-0.25, -0.2) is 0 Å². The molecule has 0 bridgehead atoms. The van der Waals surface area contributed by atoms with Gasteiger partial charge in [0.1, 0.15) is 0 Å². The summed E-state index contributed by atoms with van der Waals surface area (Å²) in [5.74, 6) is 0. The van der Waals surface area contributed by atoms with Gasteiger partial charge in [-0.2, -0.15) is 0 Å². The van der Waals surface area contributed by atoms with Crippen LogP contribution in [-0.4, -0.2) is 13.7 Å². The van der Waals surface area contributed by atoms with Gasteiger partial charge in [0.05, 0.1) is 33.1 Å². The van der Waals surface area contributed by atoms with E-state index in [4.69, 9.17) is 0 Å². The van der Waals surface area contributed by atoms with Crippen molar-refractivity contribution in [1.82, 2.24) is 13.7 Å². The first kappa shape index (κ1) is 87.6. The number of aromatic nitrogens is 3. The van der Waals surface area contributed by atoms with Crippen LogP contribution in [0.2, 0.25) is 0 Å². The van der Waals surface area contributed by atoms with E-state index in [0.29, 0.717) is 0 Å². The Morgan fingerprint density at radius 3 is 0.838 bits per heavy atom. The summed E-state index contributed by atoms with van der Waals surface area (Å²) in [5.41, 5.74) is 33.6. The predicted molar refractivity (Wildman–Crippen MR) is 636 cm³/mol. The smallest absolute Gasteiger partial charge is 0.0555 e.